The summed E-state index contributed by atoms with van der Waals surface area (Å²) >= 11 is 3.43. The van der Waals surface area contributed by atoms with Crippen molar-refractivity contribution in [3.8, 4) is 5.69 Å². The summed E-state index contributed by atoms with van der Waals surface area (Å²) in [5.41, 5.74) is 3.13. The summed E-state index contributed by atoms with van der Waals surface area (Å²) in [6.07, 6.45) is 1.82. The molecular weight excluding hydrogens is 302 g/mol. The van der Waals surface area contributed by atoms with E-state index in [9.17, 15) is 4.79 Å². The molecule has 0 radical (unpaired) electrons. The lowest BCUT2D eigenvalue weighted by atomic mass is 10.1. The zero-order chi connectivity index (χ0) is 13.4. The van der Waals surface area contributed by atoms with Crippen molar-refractivity contribution in [1.29, 1.82) is 0 Å². The molecule has 0 aliphatic rings. The Hall–Kier alpha value is -1.87. The van der Waals surface area contributed by atoms with Gasteiger partial charge in [-0.15, -0.1) is 0 Å². The molecule has 2 aromatic carbocycles. The van der Waals surface area contributed by atoms with E-state index in [1.54, 1.807) is 6.07 Å². The number of rotatable bonds is 1. The van der Waals surface area contributed by atoms with Crippen molar-refractivity contribution in [1.82, 2.24) is 4.57 Å². The van der Waals surface area contributed by atoms with Crippen LogP contribution in [0.1, 0.15) is 5.56 Å². The maximum absolute atomic E-state index is 11.9. The highest BCUT2D eigenvalue weighted by molar-refractivity contribution is 9.10. The smallest absolute Gasteiger partial charge is 0.189 e. The first-order chi connectivity index (χ1) is 9.15. The molecule has 0 atom stereocenters. The Morgan fingerprint density at radius 3 is 2.47 bits per heavy atom. The van der Waals surface area contributed by atoms with E-state index >= 15 is 0 Å². The monoisotopic (exact) mass is 313 g/mol. The van der Waals surface area contributed by atoms with Gasteiger partial charge in [0, 0.05) is 27.8 Å². The second kappa shape index (κ2) is 4.67. The van der Waals surface area contributed by atoms with Crippen LogP contribution in [0.3, 0.4) is 0 Å². The predicted molar refractivity (Wildman–Crippen MR) is 82.0 cm³/mol. The zero-order valence-electron chi connectivity index (χ0n) is 10.4. The fourth-order valence-corrected chi connectivity index (χ4v) is 2.46. The molecule has 1 aromatic heterocycles. The second-order valence-corrected chi connectivity index (χ2v) is 5.46. The van der Waals surface area contributed by atoms with Crippen LogP contribution >= 0.6 is 15.9 Å². The summed E-state index contributed by atoms with van der Waals surface area (Å²) in [5, 5.41) is 0.755. The Balaban J connectivity index is 2.33. The van der Waals surface area contributed by atoms with Gasteiger partial charge in [0.25, 0.3) is 0 Å². The lowest BCUT2D eigenvalue weighted by Gasteiger charge is -2.11. The fourth-order valence-electron chi connectivity index (χ4n) is 2.20. The minimum absolute atomic E-state index is 0.0621. The molecule has 0 aliphatic carbocycles. The van der Waals surface area contributed by atoms with Crippen LogP contribution in [-0.4, -0.2) is 4.57 Å². The number of hydrogen-bond acceptors (Lipinski definition) is 1. The number of benzene rings is 2. The van der Waals surface area contributed by atoms with E-state index in [2.05, 4.69) is 15.9 Å². The lowest BCUT2D eigenvalue weighted by molar-refractivity contribution is 1.10. The van der Waals surface area contributed by atoms with E-state index in [4.69, 9.17) is 0 Å². The van der Waals surface area contributed by atoms with Gasteiger partial charge in [-0.1, -0.05) is 27.6 Å². The maximum atomic E-state index is 11.9. The third-order valence-corrected chi connectivity index (χ3v) is 3.69. The van der Waals surface area contributed by atoms with Crippen LogP contribution in [0.2, 0.25) is 0 Å². The number of hydrogen-bond donors (Lipinski definition) is 0. The third-order valence-electron chi connectivity index (χ3n) is 3.16. The van der Waals surface area contributed by atoms with E-state index in [0.717, 1.165) is 26.6 Å². The summed E-state index contributed by atoms with van der Waals surface area (Å²) in [4.78, 5) is 11.9. The van der Waals surface area contributed by atoms with Crippen LogP contribution in [0.4, 0.5) is 0 Å². The van der Waals surface area contributed by atoms with Crippen LogP contribution in [0, 0.1) is 6.92 Å². The average Bonchev–Trinajstić information content (AvgIpc) is 2.41. The molecule has 3 heteroatoms. The first-order valence-electron chi connectivity index (χ1n) is 6.03. The Morgan fingerprint density at radius 2 is 1.74 bits per heavy atom. The van der Waals surface area contributed by atoms with Gasteiger partial charge in [0.2, 0.25) is 0 Å². The zero-order valence-corrected chi connectivity index (χ0v) is 12.0. The molecule has 1 heterocycles. The first kappa shape index (κ1) is 12.2. The fraction of sp³-hybridized carbons (Fsp3) is 0.0625. The number of aryl methyl sites for hydroxylation is 1. The average molecular weight is 314 g/mol. The molecule has 0 bridgehead atoms. The van der Waals surface area contributed by atoms with E-state index in [1.807, 2.05) is 60.2 Å². The topological polar surface area (TPSA) is 22.0 Å². The highest BCUT2D eigenvalue weighted by Gasteiger charge is 2.04. The molecule has 94 valence electrons. The SMILES string of the molecule is Cc1ccc2c(c1)c(=O)ccn2-c1ccc(Br)cc1. The lowest BCUT2D eigenvalue weighted by Crippen LogP contribution is -2.06. The van der Waals surface area contributed by atoms with Crippen LogP contribution in [0.25, 0.3) is 16.6 Å². The normalized spacial score (nSPS) is 10.8. The molecule has 0 saturated heterocycles. The van der Waals surface area contributed by atoms with Gasteiger partial charge in [0.1, 0.15) is 0 Å². The summed E-state index contributed by atoms with van der Waals surface area (Å²) in [5.74, 6) is 0. The molecule has 0 saturated carbocycles. The first-order valence-corrected chi connectivity index (χ1v) is 6.82. The van der Waals surface area contributed by atoms with Gasteiger partial charge in [0.15, 0.2) is 5.43 Å². The highest BCUT2D eigenvalue weighted by atomic mass is 79.9. The molecule has 19 heavy (non-hydrogen) atoms. The van der Waals surface area contributed by atoms with Crippen molar-refractivity contribution in [2.24, 2.45) is 0 Å². The van der Waals surface area contributed by atoms with Gasteiger partial charge in [-0.2, -0.15) is 0 Å². The Labute approximate surface area is 119 Å². The predicted octanol–water partition coefficient (Wildman–Crippen LogP) is 4.06. The van der Waals surface area contributed by atoms with E-state index in [0.29, 0.717) is 0 Å². The largest absolute Gasteiger partial charge is 0.316 e. The van der Waals surface area contributed by atoms with Crippen molar-refractivity contribution in [3.05, 3.63) is 75.0 Å². The van der Waals surface area contributed by atoms with Crippen LogP contribution in [-0.2, 0) is 0 Å². The standard InChI is InChI=1S/C16H12BrNO/c1-11-2-7-15-14(10-11)16(19)8-9-18(15)13-5-3-12(17)4-6-13/h2-10H,1H3. The van der Waals surface area contributed by atoms with Gasteiger partial charge in [-0.05, 0) is 43.3 Å². The Kier molecular flexibility index (Phi) is 2.99. The van der Waals surface area contributed by atoms with Gasteiger partial charge in [-0.25, -0.2) is 0 Å². The van der Waals surface area contributed by atoms with E-state index in [-0.39, 0.29) is 5.43 Å². The minimum atomic E-state index is 0.0621. The minimum Gasteiger partial charge on any atom is -0.316 e. The molecule has 0 spiro atoms. The quantitative estimate of drug-likeness (QED) is 0.664. The van der Waals surface area contributed by atoms with Crippen molar-refractivity contribution in [2.75, 3.05) is 0 Å². The Morgan fingerprint density at radius 1 is 1.00 bits per heavy atom. The highest BCUT2D eigenvalue weighted by Crippen LogP contribution is 2.19. The summed E-state index contributed by atoms with van der Waals surface area (Å²) in [7, 11) is 0. The van der Waals surface area contributed by atoms with Gasteiger partial charge < -0.3 is 4.57 Å². The number of aromatic nitrogens is 1. The van der Waals surface area contributed by atoms with Crippen molar-refractivity contribution >= 4 is 26.8 Å². The Bertz CT molecular complexity index is 803. The molecule has 3 aromatic rings. The van der Waals surface area contributed by atoms with Crippen molar-refractivity contribution in [3.63, 3.8) is 0 Å². The number of nitrogens with zero attached hydrogens (tertiary/aromatic N) is 1. The molecule has 2 nitrogen and oxygen atoms in total. The maximum Gasteiger partial charge on any atom is 0.189 e. The van der Waals surface area contributed by atoms with Gasteiger partial charge >= 0.3 is 0 Å². The molecule has 3 rings (SSSR count). The van der Waals surface area contributed by atoms with Crippen LogP contribution < -0.4 is 5.43 Å². The van der Waals surface area contributed by atoms with Crippen molar-refractivity contribution in [2.45, 2.75) is 6.92 Å². The molecule has 0 unspecified atom stereocenters. The van der Waals surface area contributed by atoms with Crippen molar-refractivity contribution < 1.29 is 0 Å². The summed E-state index contributed by atoms with van der Waals surface area (Å²) in [6, 6.07) is 15.6. The van der Waals surface area contributed by atoms with Gasteiger partial charge in [0.05, 0.1) is 5.52 Å². The van der Waals surface area contributed by atoms with Crippen LogP contribution in [0.5, 0.6) is 0 Å². The van der Waals surface area contributed by atoms with E-state index in [1.165, 1.54) is 0 Å². The second-order valence-electron chi connectivity index (χ2n) is 4.55. The third kappa shape index (κ3) is 2.22. The molecule has 0 N–H and O–H groups in total. The number of fused-ring (bicyclic) bond motifs is 1. The summed E-state index contributed by atoms with van der Waals surface area (Å²) in [6.45, 7) is 2.00. The van der Waals surface area contributed by atoms with E-state index < -0.39 is 0 Å². The number of pyridine rings is 1. The molecular formula is C16H12BrNO. The van der Waals surface area contributed by atoms with Crippen LogP contribution in [0.15, 0.2) is 64.0 Å². The molecule has 0 aliphatic heterocycles. The van der Waals surface area contributed by atoms with Gasteiger partial charge in [-0.3, -0.25) is 4.79 Å². The molecule has 0 fully saturated rings. The number of halogens is 1. The summed E-state index contributed by atoms with van der Waals surface area (Å²) < 4.78 is 3.07. The molecule has 0 amide bonds.